The lowest BCUT2D eigenvalue weighted by Crippen LogP contribution is -2.49. The van der Waals surface area contributed by atoms with E-state index in [0.29, 0.717) is 18.1 Å². The summed E-state index contributed by atoms with van der Waals surface area (Å²) in [5, 5.41) is 0. The maximum absolute atomic E-state index is 5.89. The molecule has 0 radical (unpaired) electrons. The minimum Gasteiger partial charge on any atom is -0.374 e. The molecule has 106 valence electrons. The van der Waals surface area contributed by atoms with E-state index in [-0.39, 0.29) is 0 Å². The zero-order chi connectivity index (χ0) is 13.0. The summed E-state index contributed by atoms with van der Waals surface area (Å²) in [6.45, 7) is 8.31. The average molecular weight is 255 g/mol. The van der Waals surface area contributed by atoms with E-state index < -0.39 is 0 Å². The van der Waals surface area contributed by atoms with E-state index in [4.69, 9.17) is 10.5 Å². The second-order valence-corrected chi connectivity index (χ2v) is 5.82. The van der Waals surface area contributed by atoms with Crippen LogP contribution >= 0.6 is 0 Å². The first-order chi connectivity index (χ1) is 8.74. The van der Waals surface area contributed by atoms with Crippen LogP contribution < -0.4 is 5.73 Å². The van der Waals surface area contributed by atoms with Gasteiger partial charge in [-0.3, -0.25) is 4.90 Å². The van der Waals surface area contributed by atoms with Crippen molar-refractivity contribution >= 4 is 0 Å². The molecule has 2 fully saturated rings. The van der Waals surface area contributed by atoms with Crippen LogP contribution in [0.2, 0.25) is 0 Å². The highest BCUT2D eigenvalue weighted by molar-refractivity contribution is 4.86. The van der Waals surface area contributed by atoms with Crippen molar-refractivity contribution in [1.29, 1.82) is 0 Å². The number of hydrogen-bond donors (Lipinski definition) is 1. The molecule has 1 aliphatic carbocycles. The van der Waals surface area contributed by atoms with Gasteiger partial charge in [-0.05, 0) is 38.9 Å². The van der Waals surface area contributed by atoms with E-state index in [2.05, 4.69) is 23.8 Å². The van der Waals surface area contributed by atoms with Crippen LogP contribution in [-0.4, -0.2) is 68.3 Å². The SMILES string of the molecule is CCN1CCOC(CN(C)C2CCCC2CN)C1. The van der Waals surface area contributed by atoms with Crippen molar-refractivity contribution in [2.24, 2.45) is 11.7 Å². The molecule has 18 heavy (non-hydrogen) atoms. The van der Waals surface area contributed by atoms with Crippen LogP contribution in [0.4, 0.5) is 0 Å². The highest BCUT2D eigenvalue weighted by Gasteiger charge is 2.31. The molecule has 2 aliphatic rings. The molecule has 2 rings (SSSR count). The van der Waals surface area contributed by atoms with E-state index in [0.717, 1.165) is 39.3 Å². The molecule has 0 aromatic carbocycles. The van der Waals surface area contributed by atoms with Gasteiger partial charge in [-0.15, -0.1) is 0 Å². The first-order valence-electron chi connectivity index (χ1n) is 7.48. The molecule has 1 aliphatic heterocycles. The Labute approximate surface area is 111 Å². The fourth-order valence-corrected chi connectivity index (χ4v) is 3.51. The Kier molecular flexibility index (Phi) is 5.42. The summed E-state index contributed by atoms with van der Waals surface area (Å²) in [5.41, 5.74) is 5.87. The number of nitrogens with zero attached hydrogens (tertiary/aromatic N) is 2. The maximum Gasteiger partial charge on any atom is 0.0829 e. The molecule has 4 nitrogen and oxygen atoms in total. The molecular weight excluding hydrogens is 226 g/mol. The highest BCUT2D eigenvalue weighted by atomic mass is 16.5. The molecule has 0 aromatic rings. The Morgan fingerprint density at radius 2 is 2.22 bits per heavy atom. The van der Waals surface area contributed by atoms with Gasteiger partial charge in [-0.25, -0.2) is 0 Å². The Morgan fingerprint density at radius 1 is 1.39 bits per heavy atom. The smallest absolute Gasteiger partial charge is 0.0829 e. The quantitative estimate of drug-likeness (QED) is 0.788. The third-order valence-electron chi connectivity index (χ3n) is 4.65. The molecule has 0 aromatic heterocycles. The van der Waals surface area contributed by atoms with Gasteiger partial charge in [0.25, 0.3) is 0 Å². The monoisotopic (exact) mass is 255 g/mol. The van der Waals surface area contributed by atoms with Crippen LogP contribution in [0.15, 0.2) is 0 Å². The zero-order valence-corrected chi connectivity index (χ0v) is 12.0. The Hall–Kier alpha value is -0.160. The first kappa shape index (κ1) is 14.3. The third kappa shape index (κ3) is 3.44. The Bertz CT molecular complexity index is 249. The van der Waals surface area contributed by atoms with E-state index in [9.17, 15) is 0 Å². The van der Waals surface area contributed by atoms with Crippen molar-refractivity contribution < 1.29 is 4.74 Å². The van der Waals surface area contributed by atoms with Crippen LogP contribution in [0.1, 0.15) is 26.2 Å². The second-order valence-electron chi connectivity index (χ2n) is 5.82. The molecule has 3 unspecified atom stereocenters. The van der Waals surface area contributed by atoms with Gasteiger partial charge in [0.05, 0.1) is 12.7 Å². The van der Waals surface area contributed by atoms with Gasteiger partial charge in [0.1, 0.15) is 0 Å². The predicted octanol–water partition coefficient (Wildman–Crippen LogP) is 0.766. The highest BCUT2D eigenvalue weighted by Crippen LogP contribution is 2.28. The van der Waals surface area contributed by atoms with Crippen LogP contribution in [-0.2, 0) is 4.74 Å². The number of hydrogen-bond acceptors (Lipinski definition) is 4. The van der Waals surface area contributed by atoms with Crippen molar-refractivity contribution in [3.8, 4) is 0 Å². The summed E-state index contributed by atoms with van der Waals surface area (Å²) in [7, 11) is 2.24. The minimum absolute atomic E-state index is 0.378. The van der Waals surface area contributed by atoms with E-state index in [1.807, 2.05) is 0 Å². The minimum atomic E-state index is 0.378. The van der Waals surface area contributed by atoms with Gasteiger partial charge in [0, 0.05) is 25.7 Å². The lowest BCUT2D eigenvalue weighted by molar-refractivity contribution is -0.0450. The first-order valence-corrected chi connectivity index (χ1v) is 7.48. The number of morpholine rings is 1. The average Bonchev–Trinajstić information content (AvgIpc) is 2.87. The Morgan fingerprint density at radius 3 is 2.94 bits per heavy atom. The van der Waals surface area contributed by atoms with Gasteiger partial charge < -0.3 is 15.4 Å². The zero-order valence-electron chi connectivity index (χ0n) is 12.0. The van der Waals surface area contributed by atoms with Crippen molar-refractivity contribution in [1.82, 2.24) is 9.80 Å². The van der Waals surface area contributed by atoms with Crippen molar-refractivity contribution in [2.45, 2.75) is 38.3 Å². The molecule has 0 bridgehead atoms. The molecule has 2 N–H and O–H groups in total. The van der Waals surface area contributed by atoms with E-state index >= 15 is 0 Å². The van der Waals surface area contributed by atoms with E-state index in [1.54, 1.807) is 0 Å². The summed E-state index contributed by atoms with van der Waals surface area (Å²) in [4.78, 5) is 4.98. The number of likely N-dealkylation sites (N-methyl/N-ethyl adjacent to an activating group) is 2. The summed E-state index contributed by atoms with van der Waals surface area (Å²) in [6.07, 6.45) is 4.33. The van der Waals surface area contributed by atoms with Crippen molar-refractivity contribution in [3.63, 3.8) is 0 Å². The number of rotatable bonds is 5. The van der Waals surface area contributed by atoms with Gasteiger partial charge >= 0.3 is 0 Å². The predicted molar refractivity (Wildman–Crippen MR) is 74.7 cm³/mol. The van der Waals surface area contributed by atoms with Crippen molar-refractivity contribution in [2.75, 3.05) is 46.4 Å². The number of nitrogens with two attached hydrogens (primary N) is 1. The van der Waals surface area contributed by atoms with Crippen LogP contribution in [0, 0.1) is 5.92 Å². The maximum atomic E-state index is 5.89. The molecular formula is C14H29N3O. The van der Waals surface area contributed by atoms with E-state index in [1.165, 1.54) is 19.3 Å². The molecule has 1 saturated carbocycles. The van der Waals surface area contributed by atoms with Gasteiger partial charge in [-0.1, -0.05) is 13.3 Å². The Balaban J connectivity index is 1.81. The standard InChI is InChI=1S/C14H29N3O/c1-3-17-7-8-18-13(11-17)10-16(2)14-6-4-5-12(14)9-15/h12-14H,3-11,15H2,1-2H3. The topological polar surface area (TPSA) is 41.7 Å². The molecule has 4 heteroatoms. The van der Waals surface area contributed by atoms with Crippen LogP contribution in [0.25, 0.3) is 0 Å². The second kappa shape index (κ2) is 6.85. The summed E-state index contributed by atoms with van der Waals surface area (Å²) in [6, 6.07) is 0.676. The summed E-state index contributed by atoms with van der Waals surface area (Å²) >= 11 is 0. The van der Waals surface area contributed by atoms with Gasteiger partial charge in [-0.2, -0.15) is 0 Å². The summed E-state index contributed by atoms with van der Waals surface area (Å²) < 4.78 is 5.89. The van der Waals surface area contributed by atoms with Crippen molar-refractivity contribution in [3.05, 3.63) is 0 Å². The molecule has 1 saturated heterocycles. The molecule has 1 heterocycles. The third-order valence-corrected chi connectivity index (χ3v) is 4.65. The molecule has 0 amide bonds. The molecule has 3 atom stereocenters. The molecule has 0 spiro atoms. The lowest BCUT2D eigenvalue weighted by Gasteiger charge is -2.37. The van der Waals surface area contributed by atoms with Crippen LogP contribution in [0.5, 0.6) is 0 Å². The van der Waals surface area contributed by atoms with Crippen LogP contribution in [0.3, 0.4) is 0 Å². The lowest BCUT2D eigenvalue weighted by atomic mass is 10.0. The fourth-order valence-electron chi connectivity index (χ4n) is 3.51. The fraction of sp³-hybridized carbons (Fsp3) is 1.00. The largest absolute Gasteiger partial charge is 0.374 e. The van der Waals surface area contributed by atoms with Gasteiger partial charge in [0.2, 0.25) is 0 Å². The summed E-state index contributed by atoms with van der Waals surface area (Å²) in [5.74, 6) is 0.695. The normalized spacial score (nSPS) is 34.3. The number of ether oxygens (including phenoxy) is 1. The van der Waals surface area contributed by atoms with Gasteiger partial charge in [0.15, 0.2) is 0 Å².